The molecule has 140 valence electrons. The standard InChI is InChI=1S/C19H16N6O3/c26-19-17(25(27)28)18(22-15-8-4-5-10-24(15)19)21-12-16-20-9-11-23(16)13-14-6-2-1-3-7-14/h1-11,21H,12-13H2. The van der Waals surface area contributed by atoms with E-state index >= 15 is 0 Å². The minimum Gasteiger partial charge on any atom is -0.357 e. The van der Waals surface area contributed by atoms with E-state index in [0.29, 0.717) is 18.0 Å². The van der Waals surface area contributed by atoms with Crippen LogP contribution in [-0.4, -0.2) is 23.9 Å². The van der Waals surface area contributed by atoms with E-state index in [1.165, 1.54) is 6.20 Å². The molecule has 0 aliphatic rings. The van der Waals surface area contributed by atoms with E-state index in [4.69, 9.17) is 0 Å². The lowest BCUT2D eigenvalue weighted by Gasteiger charge is -2.10. The molecule has 3 heterocycles. The van der Waals surface area contributed by atoms with Gasteiger partial charge in [0.05, 0.1) is 11.5 Å². The molecule has 0 spiro atoms. The molecule has 0 aliphatic carbocycles. The number of nitrogens with one attached hydrogen (secondary N) is 1. The number of pyridine rings is 1. The molecular weight excluding hydrogens is 360 g/mol. The Morgan fingerprint density at radius 2 is 1.86 bits per heavy atom. The van der Waals surface area contributed by atoms with Gasteiger partial charge in [0.25, 0.3) is 0 Å². The van der Waals surface area contributed by atoms with Crippen molar-refractivity contribution in [3.05, 3.63) is 99.0 Å². The number of nitro groups is 1. The second-order valence-electron chi connectivity index (χ2n) is 6.11. The number of aromatic nitrogens is 4. The van der Waals surface area contributed by atoms with Crippen LogP contribution < -0.4 is 10.9 Å². The molecule has 0 saturated heterocycles. The van der Waals surface area contributed by atoms with Crippen molar-refractivity contribution in [2.75, 3.05) is 5.32 Å². The van der Waals surface area contributed by atoms with Crippen LogP contribution in [0.4, 0.5) is 11.5 Å². The van der Waals surface area contributed by atoms with Gasteiger partial charge in [-0.3, -0.25) is 19.3 Å². The molecule has 9 nitrogen and oxygen atoms in total. The number of nitrogens with zero attached hydrogens (tertiary/aromatic N) is 5. The van der Waals surface area contributed by atoms with E-state index in [0.717, 1.165) is 9.96 Å². The molecule has 4 aromatic rings. The highest BCUT2D eigenvalue weighted by Gasteiger charge is 2.23. The minimum atomic E-state index is -0.731. The van der Waals surface area contributed by atoms with Crippen LogP contribution >= 0.6 is 0 Å². The molecule has 0 radical (unpaired) electrons. The normalized spacial score (nSPS) is 10.9. The first kappa shape index (κ1) is 17.4. The fourth-order valence-electron chi connectivity index (χ4n) is 2.96. The van der Waals surface area contributed by atoms with Crippen LogP contribution in [0.1, 0.15) is 11.4 Å². The fraction of sp³-hybridized carbons (Fsp3) is 0.105. The van der Waals surface area contributed by atoms with Gasteiger partial charge < -0.3 is 9.88 Å². The molecule has 1 aromatic carbocycles. The minimum absolute atomic E-state index is 0.0736. The van der Waals surface area contributed by atoms with E-state index in [9.17, 15) is 14.9 Å². The van der Waals surface area contributed by atoms with Gasteiger partial charge in [-0.2, -0.15) is 0 Å². The van der Waals surface area contributed by atoms with E-state index in [2.05, 4.69) is 15.3 Å². The predicted octanol–water partition coefficient (Wildman–Crippen LogP) is 2.46. The van der Waals surface area contributed by atoms with Crippen molar-refractivity contribution < 1.29 is 4.92 Å². The number of rotatable bonds is 6. The molecule has 28 heavy (non-hydrogen) atoms. The van der Waals surface area contributed by atoms with E-state index in [-0.39, 0.29) is 12.4 Å². The fourth-order valence-corrected chi connectivity index (χ4v) is 2.96. The molecule has 9 heteroatoms. The average Bonchev–Trinajstić information content (AvgIpc) is 3.14. The second-order valence-corrected chi connectivity index (χ2v) is 6.11. The van der Waals surface area contributed by atoms with Gasteiger partial charge >= 0.3 is 11.2 Å². The molecule has 0 aliphatic heterocycles. The van der Waals surface area contributed by atoms with E-state index in [1.807, 2.05) is 41.1 Å². The quantitative estimate of drug-likeness (QED) is 0.409. The lowest BCUT2D eigenvalue weighted by molar-refractivity contribution is -0.385. The summed E-state index contributed by atoms with van der Waals surface area (Å²) in [6.45, 7) is 0.809. The highest BCUT2D eigenvalue weighted by atomic mass is 16.6. The van der Waals surface area contributed by atoms with Crippen molar-refractivity contribution in [2.24, 2.45) is 0 Å². The largest absolute Gasteiger partial charge is 0.376 e. The Kier molecular flexibility index (Phi) is 4.55. The summed E-state index contributed by atoms with van der Waals surface area (Å²) in [6.07, 6.45) is 4.95. The number of benzene rings is 1. The number of anilines is 1. The summed E-state index contributed by atoms with van der Waals surface area (Å²) < 4.78 is 3.09. The summed E-state index contributed by atoms with van der Waals surface area (Å²) >= 11 is 0. The van der Waals surface area contributed by atoms with Crippen LogP contribution in [-0.2, 0) is 13.1 Å². The summed E-state index contributed by atoms with van der Waals surface area (Å²) in [6, 6.07) is 14.8. The van der Waals surface area contributed by atoms with Crippen molar-refractivity contribution in [1.82, 2.24) is 18.9 Å². The van der Waals surface area contributed by atoms with Crippen molar-refractivity contribution in [2.45, 2.75) is 13.1 Å². The third kappa shape index (κ3) is 3.32. The van der Waals surface area contributed by atoms with Gasteiger partial charge in [0.15, 0.2) is 0 Å². The van der Waals surface area contributed by atoms with Gasteiger partial charge in [-0.15, -0.1) is 0 Å². The van der Waals surface area contributed by atoms with Gasteiger partial charge in [0, 0.05) is 25.1 Å². The average molecular weight is 376 g/mol. The maximum Gasteiger partial charge on any atom is 0.376 e. The first-order valence-electron chi connectivity index (χ1n) is 8.57. The Morgan fingerprint density at radius 3 is 2.64 bits per heavy atom. The van der Waals surface area contributed by atoms with Gasteiger partial charge in [-0.1, -0.05) is 36.4 Å². The first-order chi connectivity index (χ1) is 13.6. The van der Waals surface area contributed by atoms with Gasteiger partial charge in [-0.05, 0) is 17.7 Å². The highest BCUT2D eigenvalue weighted by molar-refractivity contribution is 5.59. The highest BCUT2D eigenvalue weighted by Crippen LogP contribution is 2.19. The smallest absolute Gasteiger partial charge is 0.357 e. The van der Waals surface area contributed by atoms with Crippen LogP contribution in [0.2, 0.25) is 0 Å². The Balaban J connectivity index is 1.63. The molecule has 0 amide bonds. The van der Waals surface area contributed by atoms with Crippen LogP contribution in [0, 0.1) is 10.1 Å². The summed E-state index contributed by atoms with van der Waals surface area (Å²) in [5.74, 6) is 0.601. The molecular formula is C19H16N6O3. The van der Waals surface area contributed by atoms with Crippen LogP contribution in [0.5, 0.6) is 0 Å². The number of hydrogen-bond donors (Lipinski definition) is 1. The van der Waals surface area contributed by atoms with Crippen molar-refractivity contribution in [1.29, 1.82) is 0 Å². The van der Waals surface area contributed by atoms with E-state index in [1.54, 1.807) is 24.4 Å². The van der Waals surface area contributed by atoms with Gasteiger partial charge in [0.1, 0.15) is 11.5 Å². The lowest BCUT2D eigenvalue weighted by Crippen LogP contribution is -2.21. The van der Waals surface area contributed by atoms with Crippen LogP contribution in [0.25, 0.3) is 5.65 Å². The zero-order valence-corrected chi connectivity index (χ0v) is 14.7. The van der Waals surface area contributed by atoms with Crippen LogP contribution in [0.3, 0.4) is 0 Å². The van der Waals surface area contributed by atoms with Crippen molar-refractivity contribution >= 4 is 17.2 Å². The zero-order chi connectivity index (χ0) is 19.5. The number of imidazole rings is 1. The van der Waals surface area contributed by atoms with Gasteiger partial charge in [0.2, 0.25) is 5.82 Å². The van der Waals surface area contributed by atoms with Crippen molar-refractivity contribution in [3.63, 3.8) is 0 Å². The number of fused-ring (bicyclic) bond motifs is 1. The third-order valence-corrected chi connectivity index (χ3v) is 4.30. The molecule has 1 N–H and O–H groups in total. The Morgan fingerprint density at radius 1 is 1.07 bits per heavy atom. The zero-order valence-electron chi connectivity index (χ0n) is 14.7. The summed E-state index contributed by atoms with van der Waals surface area (Å²) in [4.78, 5) is 31.8. The molecule has 0 atom stereocenters. The Labute approximate surface area is 159 Å². The molecule has 3 aromatic heterocycles. The van der Waals surface area contributed by atoms with Crippen molar-refractivity contribution in [3.8, 4) is 0 Å². The number of hydrogen-bond acceptors (Lipinski definition) is 6. The SMILES string of the molecule is O=c1c([N+](=O)[O-])c(NCc2nccn2Cc2ccccc2)nc2ccccn12. The summed E-state index contributed by atoms with van der Waals surface area (Å²) in [7, 11) is 0. The third-order valence-electron chi connectivity index (χ3n) is 4.30. The Hall–Kier alpha value is -4.01. The predicted molar refractivity (Wildman–Crippen MR) is 103 cm³/mol. The second kappa shape index (κ2) is 7.31. The molecule has 0 saturated carbocycles. The lowest BCUT2D eigenvalue weighted by atomic mass is 10.2. The maximum atomic E-state index is 12.5. The van der Waals surface area contributed by atoms with E-state index < -0.39 is 16.2 Å². The topological polar surface area (TPSA) is 107 Å². The maximum absolute atomic E-state index is 12.5. The molecule has 0 bridgehead atoms. The molecule has 4 rings (SSSR count). The molecule has 0 fully saturated rings. The summed E-state index contributed by atoms with van der Waals surface area (Å²) in [5, 5.41) is 14.4. The molecule has 0 unspecified atom stereocenters. The monoisotopic (exact) mass is 376 g/mol. The summed E-state index contributed by atoms with van der Waals surface area (Å²) in [5.41, 5.74) is 0.110. The van der Waals surface area contributed by atoms with Crippen LogP contribution in [0.15, 0.2) is 71.9 Å². The van der Waals surface area contributed by atoms with Gasteiger partial charge in [-0.25, -0.2) is 9.97 Å². The Bertz CT molecular complexity index is 1200. The first-order valence-corrected chi connectivity index (χ1v) is 8.57.